The quantitative estimate of drug-likeness (QED) is 0.194. The first-order valence-electron chi connectivity index (χ1n) is 10.5. The molecule has 3 atom stereocenters. The second-order valence-electron chi connectivity index (χ2n) is 8.39. The van der Waals surface area contributed by atoms with Gasteiger partial charge in [0.05, 0.1) is 12.6 Å². The average Bonchev–Trinajstić information content (AvgIpc) is 2.64. The van der Waals surface area contributed by atoms with E-state index in [-0.39, 0.29) is 24.8 Å². The Morgan fingerprint density at radius 3 is 1.93 bits per heavy atom. The maximum Gasteiger partial charge on any atom is 0.326 e. The standard InChI is InChI=1S/C20H39N5O5/c1-12(2)9-15(25-18(27)14(22)7-5-6-8-21)19(28)23-11-17(26)24-16(20(29)30)10-13(3)4/h12-16H,5-11,21-22H2,1-4H3,(H,23,28)(H,24,26)(H,25,27)(H,29,30)/t14-,15-,16-/m0/s1. The van der Waals surface area contributed by atoms with E-state index in [1.165, 1.54) is 0 Å². The average molecular weight is 430 g/mol. The van der Waals surface area contributed by atoms with E-state index in [0.29, 0.717) is 25.8 Å². The molecule has 0 aromatic rings. The number of carboxylic acids is 1. The molecule has 0 fully saturated rings. The summed E-state index contributed by atoms with van der Waals surface area (Å²) in [5.74, 6) is -2.48. The molecule has 174 valence electrons. The number of nitrogens with two attached hydrogens (primary N) is 2. The smallest absolute Gasteiger partial charge is 0.326 e. The number of rotatable bonds is 15. The predicted octanol–water partition coefficient (Wildman–Crippen LogP) is -0.295. The van der Waals surface area contributed by atoms with Crippen molar-refractivity contribution in [1.82, 2.24) is 16.0 Å². The van der Waals surface area contributed by atoms with E-state index in [4.69, 9.17) is 11.5 Å². The van der Waals surface area contributed by atoms with Crippen molar-refractivity contribution in [3.05, 3.63) is 0 Å². The Morgan fingerprint density at radius 2 is 1.43 bits per heavy atom. The Hall–Kier alpha value is -2.20. The summed E-state index contributed by atoms with van der Waals surface area (Å²) in [6.45, 7) is 7.66. The van der Waals surface area contributed by atoms with Gasteiger partial charge in [-0.25, -0.2) is 4.79 Å². The lowest BCUT2D eigenvalue weighted by atomic mass is 10.0. The second-order valence-corrected chi connectivity index (χ2v) is 8.39. The molecule has 0 aromatic carbocycles. The second kappa shape index (κ2) is 14.7. The van der Waals surface area contributed by atoms with E-state index in [1.807, 2.05) is 27.7 Å². The van der Waals surface area contributed by atoms with Crippen LogP contribution in [0.5, 0.6) is 0 Å². The van der Waals surface area contributed by atoms with Gasteiger partial charge in [0.25, 0.3) is 0 Å². The number of carbonyl (C=O) groups is 4. The van der Waals surface area contributed by atoms with Crippen LogP contribution >= 0.6 is 0 Å². The van der Waals surface area contributed by atoms with Gasteiger partial charge in [-0.3, -0.25) is 14.4 Å². The molecule has 0 spiro atoms. The van der Waals surface area contributed by atoms with Gasteiger partial charge in [-0.1, -0.05) is 34.1 Å². The molecular weight excluding hydrogens is 390 g/mol. The van der Waals surface area contributed by atoms with Crippen LogP contribution < -0.4 is 27.4 Å². The minimum Gasteiger partial charge on any atom is -0.480 e. The monoisotopic (exact) mass is 429 g/mol. The summed E-state index contributed by atoms with van der Waals surface area (Å²) < 4.78 is 0. The predicted molar refractivity (Wildman–Crippen MR) is 114 cm³/mol. The molecule has 10 nitrogen and oxygen atoms in total. The van der Waals surface area contributed by atoms with E-state index < -0.39 is 41.8 Å². The molecule has 0 rings (SSSR count). The van der Waals surface area contributed by atoms with Crippen LogP contribution in [0.2, 0.25) is 0 Å². The first-order chi connectivity index (χ1) is 14.0. The molecule has 0 heterocycles. The molecule has 3 amide bonds. The summed E-state index contributed by atoms with van der Waals surface area (Å²) in [4.78, 5) is 48.1. The normalized spacial score (nSPS) is 14.1. The summed E-state index contributed by atoms with van der Waals surface area (Å²) in [7, 11) is 0. The van der Waals surface area contributed by atoms with Crippen molar-refractivity contribution in [2.45, 2.75) is 77.9 Å². The van der Waals surface area contributed by atoms with E-state index in [0.717, 1.165) is 6.42 Å². The van der Waals surface area contributed by atoms with Crippen LogP contribution in [0.3, 0.4) is 0 Å². The van der Waals surface area contributed by atoms with Crippen molar-refractivity contribution < 1.29 is 24.3 Å². The number of unbranched alkanes of at least 4 members (excludes halogenated alkanes) is 1. The molecule has 0 radical (unpaired) electrons. The van der Waals surface area contributed by atoms with Crippen molar-refractivity contribution in [3.63, 3.8) is 0 Å². The molecule has 0 aliphatic rings. The maximum absolute atomic E-state index is 12.5. The number of nitrogens with one attached hydrogen (secondary N) is 3. The molecule has 0 saturated carbocycles. The minimum absolute atomic E-state index is 0.0840. The number of carbonyl (C=O) groups excluding carboxylic acids is 3. The zero-order valence-corrected chi connectivity index (χ0v) is 18.6. The van der Waals surface area contributed by atoms with Crippen LogP contribution in [0.15, 0.2) is 0 Å². The van der Waals surface area contributed by atoms with Crippen molar-refractivity contribution in [3.8, 4) is 0 Å². The molecule has 0 bridgehead atoms. The summed E-state index contributed by atoms with van der Waals surface area (Å²) in [6, 6.07) is -2.60. The van der Waals surface area contributed by atoms with Gasteiger partial charge < -0.3 is 32.5 Å². The third-order valence-corrected chi connectivity index (χ3v) is 4.41. The number of hydrogen-bond donors (Lipinski definition) is 6. The first kappa shape index (κ1) is 27.8. The van der Waals surface area contributed by atoms with Crippen LogP contribution in [0.25, 0.3) is 0 Å². The van der Waals surface area contributed by atoms with Crippen molar-refractivity contribution >= 4 is 23.7 Å². The molecular formula is C20H39N5O5. The SMILES string of the molecule is CC(C)C[C@H](NC(=O)CNC(=O)[C@H](CC(C)C)NC(=O)[C@@H](N)CCCCN)C(=O)O. The lowest BCUT2D eigenvalue weighted by molar-refractivity contribution is -0.142. The van der Waals surface area contributed by atoms with Crippen molar-refractivity contribution in [2.75, 3.05) is 13.1 Å². The zero-order chi connectivity index (χ0) is 23.3. The molecule has 0 aromatic heterocycles. The molecule has 0 saturated heterocycles. The van der Waals surface area contributed by atoms with Gasteiger partial charge in [0, 0.05) is 0 Å². The number of carboxylic acid groups (broad SMARTS) is 1. The first-order valence-corrected chi connectivity index (χ1v) is 10.5. The van der Waals surface area contributed by atoms with Gasteiger partial charge in [0.1, 0.15) is 12.1 Å². The third-order valence-electron chi connectivity index (χ3n) is 4.41. The Balaban J connectivity index is 4.77. The maximum atomic E-state index is 12.5. The van der Waals surface area contributed by atoms with Crippen LogP contribution in [0.4, 0.5) is 0 Å². The number of hydrogen-bond acceptors (Lipinski definition) is 6. The lowest BCUT2D eigenvalue weighted by Crippen LogP contribution is -2.53. The summed E-state index contributed by atoms with van der Waals surface area (Å²) in [5.41, 5.74) is 11.3. The van der Waals surface area contributed by atoms with Gasteiger partial charge in [-0.15, -0.1) is 0 Å². The van der Waals surface area contributed by atoms with Crippen LogP contribution in [0.1, 0.15) is 59.8 Å². The van der Waals surface area contributed by atoms with Gasteiger partial charge in [-0.05, 0) is 44.1 Å². The van der Waals surface area contributed by atoms with Gasteiger partial charge in [0.2, 0.25) is 17.7 Å². The zero-order valence-electron chi connectivity index (χ0n) is 18.6. The Bertz CT molecular complexity index is 568. The molecule has 8 N–H and O–H groups in total. The van der Waals surface area contributed by atoms with Crippen LogP contribution in [-0.4, -0.2) is 60.0 Å². The minimum atomic E-state index is -1.13. The summed E-state index contributed by atoms with van der Waals surface area (Å²) in [6.07, 6.45) is 2.60. The van der Waals surface area contributed by atoms with Crippen LogP contribution in [-0.2, 0) is 19.2 Å². The lowest BCUT2D eigenvalue weighted by Gasteiger charge is -2.22. The van der Waals surface area contributed by atoms with Crippen LogP contribution in [0, 0.1) is 11.8 Å². The summed E-state index contributed by atoms with van der Waals surface area (Å²) >= 11 is 0. The molecule has 0 unspecified atom stereocenters. The van der Waals surface area contributed by atoms with E-state index in [9.17, 15) is 24.3 Å². The fourth-order valence-corrected chi connectivity index (χ4v) is 2.85. The van der Waals surface area contributed by atoms with E-state index >= 15 is 0 Å². The van der Waals surface area contributed by atoms with E-state index in [1.54, 1.807) is 0 Å². The largest absolute Gasteiger partial charge is 0.480 e. The number of aliphatic carboxylic acids is 1. The van der Waals surface area contributed by atoms with Crippen molar-refractivity contribution in [2.24, 2.45) is 23.3 Å². The van der Waals surface area contributed by atoms with Gasteiger partial charge in [-0.2, -0.15) is 0 Å². The van der Waals surface area contributed by atoms with Gasteiger partial charge >= 0.3 is 5.97 Å². The summed E-state index contributed by atoms with van der Waals surface area (Å²) in [5, 5.41) is 16.7. The highest BCUT2D eigenvalue weighted by molar-refractivity contribution is 5.92. The highest BCUT2D eigenvalue weighted by Crippen LogP contribution is 2.07. The highest BCUT2D eigenvalue weighted by atomic mass is 16.4. The Morgan fingerprint density at radius 1 is 0.867 bits per heavy atom. The highest BCUT2D eigenvalue weighted by Gasteiger charge is 2.26. The molecule has 0 aliphatic carbocycles. The fraction of sp³-hybridized carbons (Fsp3) is 0.800. The van der Waals surface area contributed by atoms with Gasteiger partial charge in [0.15, 0.2) is 0 Å². The van der Waals surface area contributed by atoms with E-state index in [2.05, 4.69) is 16.0 Å². The topological polar surface area (TPSA) is 177 Å². The Labute approximate surface area is 178 Å². The molecule has 10 heteroatoms. The molecule has 0 aliphatic heterocycles. The third kappa shape index (κ3) is 12.4. The molecule has 30 heavy (non-hydrogen) atoms. The van der Waals surface area contributed by atoms with Crippen molar-refractivity contribution in [1.29, 1.82) is 0 Å². The Kier molecular flexibility index (Phi) is 13.7. The fourth-order valence-electron chi connectivity index (χ4n) is 2.85. The number of amides is 3.